The van der Waals surface area contributed by atoms with Crippen LogP contribution in [0.3, 0.4) is 0 Å². The van der Waals surface area contributed by atoms with E-state index in [0.717, 1.165) is 27.2 Å². The molecule has 0 amide bonds. The van der Waals surface area contributed by atoms with Crippen LogP contribution in [0, 0.1) is 13.0 Å². The zero-order chi connectivity index (χ0) is 29.9. The molecule has 5 aromatic carbocycles. The van der Waals surface area contributed by atoms with Crippen molar-refractivity contribution in [3.8, 4) is 11.1 Å². The summed E-state index contributed by atoms with van der Waals surface area (Å²) in [6.45, 7) is 1.91. The summed E-state index contributed by atoms with van der Waals surface area (Å²) >= 11 is 0. The first-order valence-corrected chi connectivity index (χ1v) is 15.1. The number of hydrogen-bond donors (Lipinski definition) is 0. The maximum absolute atomic E-state index is 12.7. The number of fused-ring (bicyclic) bond motifs is 3. The molecule has 0 aliphatic heterocycles. The maximum atomic E-state index is 12.7. The van der Waals surface area contributed by atoms with Gasteiger partial charge in [0.2, 0.25) is 0 Å². The predicted molar refractivity (Wildman–Crippen MR) is 176 cm³/mol. The molecule has 7 heteroatoms. The van der Waals surface area contributed by atoms with Gasteiger partial charge in [0, 0.05) is 24.0 Å². The van der Waals surface area contributed by atoms with Crippen molar-refractivity contribution in [1.29, 1.82) is 0 Å². The van der Waals surface area contributed by atoms with Gasteiger partial charge in [-0.1, -0.05) is 90.5 Å². The molecule has 0 aliphatic rings. The summed E-state index contributed by atoms with van der Waals surface area (Å²) in [5.41, 5.74) is 4.65. The number of aryl methyl sites for hydroxylation is 1. The topological polar surface area (TPSA) is 74.0 Å². The molecule has 0 unspecified atom stereocenters. The number of benzene rings is 5. The molecule has 2 heterocycles. The van der Waals surface area contributed by atoms with Crippen LogP contribution in [0.15, 0.2) is 163 Å². The largest absolute Gasteiger partial charge is 2.00 e. The van der Waals surface area contributed by atoms with Gasteiger partial charge in [0.15, 0.2) is 0 Å². The Labute approximate surface area is 272 Å². The summed E-state index contributed by atoms with van der Waals surface area (Å²) in [5, 5.41) is 2.60. The monoisotopic (exact) mass is 685 g/mol. The van der Waals surface area contributed by atoms with E-state index in [1.54, 1.807) is 55.0 Å². The first-order valence-electron chi connectivity index (χ1n) is 13.7. The SMILES string of the molecule is Cc1ccc(S(=O)(=O)[N-]c2cccc3ccc4cccnc4c23)cc1.[Pd+2].[c-]1ccc(-c2ccccc2)cc1.c1ccncc1. The molecule has 2 aromatic heterocycles. The molecule has 0 bridgehead atoms. The van der Waals surface area contributed by atoms with E-state index < -0.39 is 10.0 Å². The van der Waals surface area contributed by atoms with Crippen molar-refractivity contribution in [2.45, 2.75) is 11.8 Å². The van der Waals surface area contributed by atoms with Crippen molar-refractivity contribution in [3.05, 3.63) is 174 Å². The van der Waals surface area contributed by atoms with E-state index >= 15 is 0 Å². The van der Waals surface area contributed by atoms with Crippen molar-refractivity contribution in [3.63, 3.8) is 0 Å². The van der Waals surface area contributed by atoms with Gasteiger partial charge in [0.25, 0.3) is 0 Å². The van der Waals surface area contributed by atoms with Gasteiger partial charge in [-0.3, -0.25) is 9.97 Å². The molecule has 7 aromatic rings. The Morgan fingerprint density at radius 3 is 1.91 bits per heavy atom. The molecule has 5 nitrogen and oxygen atoms in total. The maximum Gasteiger partial charge on any atom is 2.00 e. The molecule has 44 heavy (non-hydrogen) atoms. The number of sulfonamides is 1. The normalized spacial score (nSPS) is 10.4. The third-order valence-corrected chi connectivity index (χ3v) is 7.83. The summed E-state index contributed by atoms with van der Waals surface area (Å²) in [6, 6.07) is 46.9. The molecule has 0 spiro atoms. The van der Waals surface area contributed by atoms with Crippen LogP contribution < -0.4 is 0 Å². The molecule has 0 aliphatic carbocycles. The molecule has 0 saturated heterocycles. The van der Waals surface area contributed by atoms with Gasteiger partial charge in [0.1, 0.15) is 10.0 Å². The quantitative estimate of drug-likeness (QED) is 0.105. The summed E-state index contributed by atoms with van der Waals surface area (Å²) < 4.78 is 29.5. The summed E-state index contributed by atoms with van der Waals surface area (Å²) in [4.78, 5) is 8.40. The van der Waals surface area contributed by atoms with Crippen molar-refractivity contribution in [2.75, 3.05) is 0 Å². The van der Waals surface area contributed by atoms with E-state index in [1.165, 1.54) is 11.1 Å². The van der Waals surface area contributed by atoms with E-state index in [0.29, 0.717) is 5.69 Å². The molecule has 220 valence electrons. The fourth-order valence-corrected chi connectivity index (χ4v) is 5.38. The van der Waals surface area contributed by atoms with E-state index in [1.807, 2.05) is 85.8 Å². The molecule has 0 fully saturated rings. The third-order valence-electron chi connectivity index (χ3n) is 6.52. The average Bonchev–Trinajstić information content (AvgIpc) is 3.07. The fraction of sp³-hybridized carbons (Fsp3) is 0.0270. The van der Waals surface area contributed by atoms with Gasteiger partial charge in [-0.25, -0.2) is 8.42 Å². The Kier molecular flexibility index (Phi) is 11.5. The minimum absolute atomic E-state index is 0. The fourth-order valence-electron chi connectivity index (χ4n) is 4.39. The Morgan fingerprint density at radius 2 is 1.25 bits per heavy atom. The van der Waals surface area contributed by atoms with E-state index in [-0.39, 0.29) is 25.3 Å². The van der Waals surface area contributed by atoms with Crippen LogP contribution in [0.1, 0.15) is 5.56 Å². The molecule has 0 radical (unpaired) electrons. The van der Waals surface area contributed by atoms with E-state index in [9.17, 15) is 8.42 Å². The van der Waals surface area contributed by atoms with Crippen molar-refractivity contribution in [1.82, 2.24) is 9.97 Å². The summed E-state index contributed by atoms with van der Waals surface area (Å²) in [5.74, 6) is 0. The number of pyridine rings is 2. The van der Waals surface area contributed by atoms with Crippen molar-refractivity contribution >= 4 is 37.4 Å². The first kappa shape index (κ1) is 32.3. The average molecular weight is 686 g/mol. The Bertz CT molecular complexity index is 1940. The van der Waals surface area contributed by atoms with E-state index in [2.05, 4.69) is 45.0 Å². The van der Waals surface area contributed by atoms with E-state index in [4.69, 9.17) is 0 Å². The standard InChI is InChI=1S/C20H15N2O2S.C12H9.C5H5N.Pd/c1-14-7-11-17(12-8-14)25(23,24)22-18-6-2-4-15-9-10-16-5-3-13-21-20(16)19(15)18;1-3-7-11(8-4-1)12-9-5-2-6-10-12;1-2-4-6-5-3-1;/h2-13H,1H3;1,3-10H;1-5H;/q2*-1;;+2. The van der Waals surface area contributed by atoms with Crippen LogP contribution in [0.4, 0.5) is 5.69 Å². The number of aromatic nitrogens is 2. The van der Waals surface area contributed by atoms with Crippen molar-refractivity contribution in [2.24, 2.45) is 0 Å². The second kappa shape index (κ2) is 15.7. The van der Waals surface area contributed by atoms with Gasteiger partial charge in [-0.05, 0) is 53.6 Å². The third kappa shape index (κ3) is 8.46. The molecular formula is C37H29N3O2PdS. The first-order chi connectivity index (χ1) is 21.0. The molecular weight excluding hydrogens is 657 g/mol. The second-order valence-electron chi connectivity index (χ2n) is 9.57. The van der Waals surface area contributed by atoms with Crippen LogP contribution in [-0.4, -0.2) is 18.4 Å². The van der Waals surface area contributed by atoms with Crippen LogP contribution in [0.2, 0.25) is 0 Å². The van der Waals surface area contributed by atoms with Gasteiger partial charge >= 0.3 is 20.4 Å². The number of hydrogen-bond acceptors (Lipinski definition) is 4. The van der Waals surface area contributed by atoms with Gasteiger partial charge in [-0.2, -0.15) is 30.3 Å². The number of nitrogens with zero attached hydrogens (tertiary/aromatic N) is 3. The van der Waals surface area contributed by atoms with Crippen LogP contribution in [0.25, 0.3) is 37.5 Å². The summed E-state index contributed by atoms with van der Waals surface area (Å²) in [7, 11) is -3.79. The zero-order valence-electron chi connectivity index (χ0n) is 23.9. The Hall–Kier alpha value is -4.67. The van der Waals surface area contributed by atoms with Crippen LogP contribution >= 0.6 is 0 Å². The molecule has 0 saturated carbocycles. The molecule has 0 atom stereocenters. The zero-order valence-corrected chi connectivity index (χ0v) is 26.3. The predicted octanol–water partition coefficient (Wildman–Crippen LogP) is 9.32. The Morgan fingerprint density at radius 1 is 0.614 bits per heavy atom. The van der Waals surface area contributed by atoms with Crippen LogP contribution in [0.5, 0.6) is 0 Å². The van der Waals surface area contributed by atoms with Gasteiger partial charge < -0.3 is 4.72 Å². The van der Waals surface area contributed by atoms with Crippen LogP contribution in [-0.2, 0) is 30.4 Å². The molecule has 7 rings (SSSR count). The minimum atomic E-state index is -3.79. The smallest absolute Gasteiger partial charge is 0.572 e. The number of rotatable bonds is 4. The van der Waals surface area contributed by atoms with Gasteiger partial charge in [-0.15, -0.1) is 11.3 Å². The minimum Gasteiger partial charge on any atom is -0.572 e. The molecule has 0 N–H and O–H groups in total. The van der Waals surface area contributed by atoms with Crippen molar-refractivity contribution < 1.29 is 28.8 Å². The Balaban J connectivity index is 0.000000192. The van der Waals surface area contributed by atoms with Gasteiger partial charge in [0.05, 0.1) is 10.4 Å². The summed E-state index contributed by atoms with van der Waals surface area (Å²) in [6.07, 6.45) is 5.20. The second-order valence-corrected chi connectivity index (χ2v) is 11.2.